The summed E-state index contributed by atoms with van der Waals surface area (Å²) in [6, 6.07) is 11.4. The van der Waals surface area contributed by atoms with E-state index in [-0.39, 0.29) is 12.1 Å². The lowest BCUT2D eigenvalue weighted by Gasteiger charge is -2.28. The molecule has 2 aromatic heterocycles. The quantitative estimate of drug-likeness (QED) is 0.510. The number of fused-ring (bicyclic) bond motifs is 5. The molecule has 3 heterocycles. The van der Waals surface area contributed by atoms with Crippen LogP contribution < -0.4 is 5.32 Å². The number of urea groups is 1. The van der Waals surface area contributed by atoms with E-state index in [4.69, 9.17) is 11.6 Å². The molecule has 2 amide bonds. The predicted molar refractivity (Wildman–Crippen MR) is 115 cm³/mol. The number of hydrogen-bond acceptors (Lipinski definition) is 2. The summed E-state index contributed by atoms with van der Waals surface area (Å²) < 4.78 is 2.29. The average Bonchev–Trinajstić information content (AvgIpc) is 3.28. The Kier molecular flexibility index (Phi) is 4.44. The van der Waals surface area contributed by atoms with Crippen LogP contribution in [0.2, 0.25) is 5.02 Å². The molecule has 0 saturated carbocycles. The number of rotatable bonds is 1. The maximum atomic E-state index is 13.2. The molecule has 1 aliphatic heterocycles. The topological polar surface area (TPSA) is 37.3 Å². The van der Waals surface area contributed by atoms with E-state index < -0.39 is 0 Å². The first-order valence-corrected chi connectivity index (χ1v) is 11.0. The number of benzene rings is 1. The van der Waals surface area contributed by atoms with Crippen LogP contribution in [0, 0.1) is 0 Å². The summed E-state index contributed by atoms with van der Waals surface area (Å²) in [4.78, 5) is 16.7. The Morgan fingerprint density at radius 2 is 2.04 bits per heavy atom. The Balaban J connectivity index is 1.55. The van der Waals surface area contributed by atoms with E-state index in [1.165, 1.54) is 33.8 Å². The highest BCUT2D eigenvalue weighted by atomic mass is 35.5. The van der Waals surface area contributed by atoms with Crippen molar-refractivity contribution in [1.29, 1.82) is 0 Å². The molecule has 0 fully saturated rings. The molecule has 1 atom stereocenters. The molecular formula is C22H22ClN3OS. The van der Waals surface area contributed by atoms with Crippen LogP contribution in [-0.4, -0.2) is 15.5 Å². The fourth-order valence-electron chi connectivity index (χ4n) is 4.37. The van der Waals surface area contributed by atoms with Gasteiger partial charge in [0, 0.05) is 33.0 Å². The SMILES string of the molecule is C[C@H]1c2cccn2-c2sc3c(c2CN1C(=O)Nc1cccc(Cl)c1)CCCC3. The molecule has 28 heavy (non-hydrogen) atoms. The van der Waals surface area contributed by atoms with Crippen molar-refractivity contribution in [2.75, 3.05) is 5.32 Å². The lowest BCUT2D eigenvalue weighted by Crippen LogP contribution is -2.36. The number of hydrogen-bond donors (Lipinski definition) is 1. The van der Waals surface area contributed by atoms with E-state index in [9.17, 15) is 4.79 Å². The van der Waals surface area contributed by atoms with Crippen molar-refractivity contribution in [3.8, 4) is 5.00 Å². The van der Waals surface area contributed by atoms with Crippen molar-refractivity contribution < 1.29 is 4.79 Å². The second-order valence-corrected chi connectivity index (χ2v) is 9.06. The van der Waals surface area contributed by atoms with Gasteiger partial charge in [0.2, 0.25) is 0 Å². The minimum atomic E-state index is -0.0915. The molecule has 5 rings (SSSR count). The number of thiophene rings is 1. The van der Waals surface area contributed by atoms with Gasteiger partial charge in [-0.25, -0.2) is 4.79 Å². The monoisotopic (exact) mass is 411 g/mol. The van der Waals surface area contributed by atoms with Gasteiger partial charge in [0.1, 0.15) is 5.00 Å². The number of anilines is 1. The van der Waals surface area contributed by atoms with Crippen molar-refractivity contribution >= 4 is 34.7 Å². The van der Waals surface area contributed by atoms with Crippen LogP contribution in [0.4, 0.5) is 10.5 Å². The molecule has 3 aromatic rings. The second-order valence-electron chi connectivity index (χ2n) is 7.54. The molecule has 1 aromatic carbocycles. The van der Waals surface area contributed by atoms with Gasteiger partial charge in [-0.1, -0.05) is 17.7 Å². The molecule has 6 heteroatoms. The first kappa shape index (κ1) is 17.8. The van der Waals surface area contributed by atoms with Crippen LogP contribution in [0.25, 0.3) is 5.00 Å². The fourth-order valence-corrected chi connectivity index (χ4v) is 5.96. The van der Waals surface area contributed by atoms with E-state index in [0.29, 0.717) is 11.6 Å². The largest absolute Gasteiger partial charge is 0.322 e. The lowest BCUT2D eigenvalue weighted by molar-refractivity contribution is 0.189. The molecule has 0 unspecified atom stereocenters. The molecule has 2 aliphatic rings. The van der Waals surface area contributed by atoms with Gasteiger partial charge in [-0.3, -0.25) is 0 Å². The zero-order chi connectivity index (χ0) is 19.3. The zero-order valence-electron chi connectivity index (χ0n) is 15.7. The predicted octanol–water partition coefficient (Wildman–Crippen LogP) is 6.18. The maximum Gasteiger partial charge on any atom is 0.322 e. The summed E-state index contributed by atoms with van der Waals surface area (Å²) in [7, 11) is 0. The summed E-state index contributed by atoms with van der Waals surface area (Å²) in [5.74, 6) is 0. The summed E-state index contributed by atoms with van der Waals surface area (Å²) >= 11 is 7.99. The normalized spacial score (nSPS) is 18.1. The highest BCUT2D eigenvalue weighted by Crippen LogP contribution is 2.42. The van der Waals surface area contributed by atoms with Crippen molar-refractivity contribution in [2.24, 2.45) is 0 Å². The molecule has 0 bridgehead atoms. The third-order valence-electron chi connectivity index (χ3n) is 5.82. The Morgan fingerprint density at radius 1 is 1.18 bits per heavy atom. The Morgan fingerprint density at radius 3 is 2.89 bits per heavy atom. The van der Waals surface area contributed by atoms with Crippen LogP contribution in [0.5, 0.6) is 0 Å². The van der Waals surface area contributed by atoms with Crippen LogP contribution in [0.3, 0.4) is 0 Å². The Bertz CT molecular complexity index is 1050. The number of amides is 2. The molecule has 0 radical (unpaired) electrons. The van der Waals surface area contributed by atoms with Gasteiger partial charge in [-0.05, 0) is 68.5 Å². The minimum absolute atomic E-state index is 0.0203. The number of nitrogens with zero attached hydrogens (tertiary/aromatic N) is 2. The van der Waals surface area contributed by atoms with Crippen molar-refractivity contribution in [3.63, 3.8) is 0 Å². The molecule has 0 saturated heterocycles. The Hall–Kier alpha value is -2.24. The second kappa shape index (κ2) is 6.98. The molecule has 1 aliphatic carbocycles. The number of carbonyl (C=O) groups excluding carboxylic acids is 1. The average molecular weight is 412 g/mol. The van der Waals surface area contributed by atoms with E-state index in [2.05, 4.69) is 35.1 Å². The number of halogens is 1. The van der Waals surface area contributed by atoms with Gasteiger partial charge in [-0.15, -0.1) is 11.3 Å². The highest BCUT2D eigenvalue weighted by Gasteiger charge is 2.32. The minimum Gasteiger partial charge on any atom is -0.312 e. The third kappa shape index (κ3) is 2.93. The van der Waals surface area contributed by atoms with E-state index >= 15 is 0 Å². The smallest absolute Gasteiger partial charge is 0.312 e. The number of aryl methyl sites for hydroxylation is 1. The van der Waals surface area contributed by atoms with Crippen molar-refractivity contribution in [3.05, 3.63) is 69.3 Å². The van der Waals surface area contributed by atoms with Crippen LogP contribution in [0.1, 0.15) is 47.5 Å². The summed E-state index contributed by atoms with van der Waals surface area (Å²) in [6.45, 7) is 2.74. The van der Waals surface area contributed by atoms with Gasteiger partial charge in [0.05, 0.1) is 12.6 Å². The molecular weight excluding hydrogens is 390 g/mol. The van der Waals surface area contributed by atoms with E-state index in [1.807, 2.05) is 34.4 Å². The van der Waals surface area contributed by atoms with Crippen molar-refractivity contribution in [1.82, 2.24) is 9.47 Å². The summed E-state index contributed by atoms with van der Waals surface area (Å²) in [5.41, 5.74) is 4.67. The van der Waals surface area contributed by atoms with E-state index in [0.717, 1.165) is 24.2 Å². The molecule has 4 nitrogen and oxygen atoms in total. The summed E-state index contributed by atoms with van der Waals surface area (Å²) in [5, 5.41) is 4.94. The van der Waals surface area contributed by atoms with E-state index in [1.54, 1.807) is 6.07 Å². The first-order chi connectivity index (χ1) is 13.6. The number of carbonyl (C=O) groups is 1. The van der Waals surface area contributed by atoms with Gasteiger partial charge in [-0.2, -0.15) is 0 Å². The number of nitrogens with one attached hydrogen (secondary N) is 1. The fraction of sp³-hybridized carbons (Fsp3) is 0.318. The van der Waals surface area contributed by atoms with Gasteiger partial charge in [0.25, 0.3) is 0 Å². The summed E-state index contributed by atoms with van der Waals surface area (Å²) in [6.07, 6.45) is 6.91. The number of aromatic nitrogens is 1. The first-order valence-electron chi connectivity index (χ1n) is 9.76. The van der Waals surface area contributed by atoms with Gasteiger partial charge >= 0.3 is 6.03 Å². The van der Waals surface area contributed by atoms with Gasteiger partial charge < -0.3 is 14.8 Å². The van der Waals surface area contributed by atoms with Crippen LogP contribution >= 0.6 is 22.9 Å². The highest BCUT2D eigenvalue weighted by molar-refractivity contribution is 7.15. The van der Waals surface area contributed by atoms with Gasteiger partial charge in [0.15, 0.2) is 0 Å². The third-order valence-corrected chi connectivity index (χ3v) is 7.39. The molecule has 0 spiro atoms. The molecule has 1 N–H and O–H groups in total. The lowest BCUT2D eigenvalue weighted by atomic mass is 9.95. The maximum absolute atomic E-state index is 13.2. The van der Waals surface area contributed by atoms with Crippen molar-refractivity contribution in [2.45, 2.75) is 45.2 Å². The standard InChI is InChI=1S/C22H22ClN3OS/c1-14-19-9-5-11-25(19)21-18(17-8-2-3-10-20(17)28-21)13-26(14)22(27)24-16-7-4-6-15(23)12-16/h4-7,9,11-12,14H,2-3,8,10,13H2,1H3,(H,24,27)/t14-/m0/s1. The van der Waals surface area contributed by atoms with Crippen LogP contribution in [-0.2, 0) is 19.4 Å². The zero-order valence-corrected chi connectivity index (χ0v) is 17.3. The molecule has 144 valence electrons. The van der Waals surface area contributed by atoms with Crippen LogP contribution in [0.15, 0.2) is 42.6 Å². The Labute approximate surface area is 173 Å².